The van der Waals surface area contributed by atoms with E-state index in [0.717, 1.165) is 12.1 Å². The van der Waals surface area contributed by atoms with Gasteiger partial charge in [-0.1, -0.05) is 12.2 Å². The van der Waals surface area contributed by atoms with E-state index in [-0.39, 0.29) is 24.2 Å². The van der Waals surface area contributed by atoms with E-state index in [1.54, 1.807) is 13.0 Å². The molecule has 94 valence electrons. The molecule has 3 nitrogen and oxygen atoms in total. The van der Waals surface area contributed by atoms with Gasteiger partial charge < -0.3 is 4.74 Å². The molecular formula is C13H11F2NO2. The van der Waals surface area contributed by atoms with Crippen LogP contribution in [0.15, 0.2) is 18.2 Å². The molecule has 0 heterocycles. The minimum Gasteiger partial charge on any atom is -0.466 e. The SMILES string of the molecule is CCOC(=O)CC=Cc1cc(F)c(C#N)cc1F. The molecule has 1 rings (SSSR count). The molecule has 0 amide bonds. The molecule has 1 aromatic carbocycles. The quantitative estimate of drug-likeness (QED) is 0.773. The van der Waals surface area contributed by atoms with Crippen molar-refractivity contribution in [2.45, 2.75) is 13.3 Å². The molecule has 0 aliphatic carbocycles. The van der Waals surface area contributed by atoms with E-state index in [4.69, 9.17) is 5.26 Å². The number of esters is 1. The average molecular weight is 251 g/mol. The van der Waals surface area contributed by atoms with Crippen molar-refractivity contribution in [1.82, 2.24) is 0 Å². The number of benzene rings is 1. The molecule has 0 N–H and O–H groups in total. The third-order valence-electron chi connectivity index (χ3n) is 2.09. The molecule has 0 saturated heterocycles. The maximum absolute atomic E-state index is 13.4. The minimum atomic E-state index is -0.797. The Morgan fingerprint density at radius 3 is 2.78 bits per heavy atom. The third-order valence-corrected chi connectivity index (χ3v) is 2.09. The average Bonchev–Trinajstić information content (AvgIpc) is 2.33. The molecule has 0 aliphatic rings. The molecule has 0 radical (unpaired) electrons. The molecule has 0 bridgehead atoms. The number of ether oxygens (including phenoxy) is 1. The Morgan fingerprint density at radius 2 is 2.17 bits per heavy atom. The highest BCUT2D eigenvalue weighted by atomic mass is 19.1. The number of hydrogen-bond donors (Lipinski definition) is 0. The van der Waals surface area contributed by atoms with Gasteiger partial charge in [0.2, 0.25) is 0 Å². The van der Waals surface area contributed by atoms with Gasteiger partial charge >= 0.3 is 5.97 Å². The van der Waals surface area contributed by atoms with E-state index >= 15 is 0 Å². The normalized spacial score (nSPS) is 10.3. The zero-order chi connectivity index (χ0) is 13.5. The molecule has 0 aromatic heterocycles. The molecule has 0 atom stereocenters. The summed E-state index contributed by atoms with van der Waals surface area (Å²) in [4.78, 5) is 11.0. The number of carbonyl (C=O) groups excluding carboxylic acids is 1. The fourth-order valence-electron chi connectivity index (χ4n) is 1.28. The van der Waals surface area contributed by atoms with E-state index in [1.807, 2.05) is 0 Å². The summed E-state index contributed by atoms with van der Waals surface area (Å²) in [5.41, 5.74) is -0.370. The van der Waals surface area contributed by atoms with Gasteiger partial charge in [-0.2, -0.15) is 5.26 Å². The second kappa shape index (κ2) is 6.50. The first-order valence-electron chi connectivity index (χ1n) is 5.29. The van der Waals surface area contributed by atoms with Crippen molar-refractivity contribution < 1.29 is 18.3 Å². The van der Waals surface area contributed by atoms with Crippen LogP contribution < -0.4 is 0 Å². The zero-order valence-corrected chi connectivity index (χ0v) is 9.74. The van der Waals surface area contributed by atoms with Crippen LogP contribution in [0, 0.1) is 23.0 Å². The Balaban J connectivity index is 2.80. The van der Waals surface area contributed by atoms with Crippen LogP contribution in [-0.2, 0) is 9.53 Å². The first kappa shape index (κ1) is 13.8. The van der Waals surface area contributed by atoms with Crippen molar-refractivity contribution in [1.29, 1.82) is 5.26 Å². The highest BCUT2D eigenvalue weighted by Gasteiger charge is 2.07. The Morgan fingerprint density at radius 1 is 1.44 bits per heavy atom. The largest absolute Gasteiger partial charge is 0.466 e. The van der Waals surface area contributed by atoms with Crippen LogP contribution in [0.4, 0.5) is 8.78 Å². The van der Waals surface area contributed by atoms with Gasteiger partial charge in [0, 0.05) is 5.56 Å². The van der Waals surface area contributed by atoms with Gasteiger partial charge in [0.15, 0.2) is 0 Å². The topological polar surface area (TPSA) is 50.1 Å². The predicted octanol–water partition coefficient (Wildman–Crippen LogP) is 2.80. The fourth-order valence-corrected chi connectivity index (χ4v) is 1.28. The lowest BCUT2D eigenvalue weighted by Crippen LogP contribution is -2.01. The number of rotatable bonds is 4. The summed E-state index contributed by atoms with van der Waals surface area (Å²) in [5.74, 6) is -1.95. The summed E-state index contributed by atoms with van der Waals surface area (Å²) >= 11 is 0. The van der Waals surface area contributed by atoms with Crippen LogP contribution in [0.25, 0.3) is 6.08 Å². The van der Waals surface area contributed by atoms with Crippen molar-refractivity contribution in [3.05, 3.63) is 41.0 Å². The fraction of sp³-hybridized carbons (Fsp3) is 0.231. The summed E-state index contributed by atoms with van der Waals surface area (Å²) in [6, 6.07) is 3.27. The lowest BCUT2D eigenvalue weighted by molar-refractivity contribution is -0.142. The second-order valence-corrected chi connectivity index (χ2v) is 3.38. The van der Waals surface area contributed by atoms with Crippen molar-refractivity contribution in [3.8, 4) is 6.07 Å². The van der Waals surface area contributed by atoms with Gasteiger partial charge in [0.1, 0.15) is 17.7 Å². The smallest absolute Gasteiger partial charge is 0.309 e. The van der Waals surface area contributed by atoms with E-state index in [0.29, 0.717) is 0 Å². The molecule has 0 spiro atoms. The second-order valence-electron chi connectivity index (χ2n) is 3.38. The Hall–Kier alpha value is -2.22. The predicted molar refractivity (Wildman–Crippen MR) is 61.4 cm³/mol. The Kier molecular flexibility index (Phi) is 5.00. The van der Waals surface area contributed by atoms with Gasteiger partial charge in [-0.05, 0) is 19.1 Å². The van der Waals surface area contributed by atoms with Crippen molar-refractivity contribution >= 4 is 12.0 Å². The molecule has 0 unspecified atom stereocenters. The Labute approximate surface area is 103 Å². The standard InChI is InChI=1S/C13H11F2NO2/c1-2-18-13(17)5-3-4-9-6-12(15)10(8-16)7-11(9)14/h3-4,6-7H,2,5H2,1H3. The molecular weight excluding hydrogens is 240 g/mol. The van der Waals surface area contributed by atoms with Gasteiger partial charge in [-0.25, -0.2) is 8.78 Å². The highest BCUT2D eigenvalue weighted by molar-refractivity contribution is 5.72. The summed E-state index contributed by atoms with van der Waals surface area (Å²) in [5, 5.41) is 8.51. The zero-order valence-electron chi connectivity index (χ0n) is 9.74. The first-order valence-corrected chi connectivity index (χ1v) is 5.29. The molecule has 0 saturated carbocycles. The molecule has 0 aliphatic heterocycles. The van der Waals surface area contributed by atoms with Crippen molar-refractivity contribution in [3.63, 3.8) is 0 Å². The van der Waals surface area contributed by atoms with Gasteiger partial charge in [0.05, 0.1) is 18.6 Å². The number of nitriles is 1. The van der Waals surface area contributed by atoms with Crippen LogP contribution in [-0.4, -0.2) is 12.6 Å². The van der Waals surface area contributed by atoms with Crippen LogP contribution in [0.1, 0.15) is 24.5 Å². The van der Waals surface area contributed by atoms with Gasteiger partial charge in [-0.15, -0.1) is 0 Å². The summed E-state index contributed by atoms with van der Waals surface area (Å²) in [6.45, 7) is 1.95. The molecule has 0 fully saturated rings. The lowest BCUT2D eigenvalue weighted by Gasteiger charge is -2.00. The van der Waals surface area contributed by atoms with E-state index in [9.17, 15) is 13.6 Å². The number of hydrogen-bond acceptors (Lipinski definition) is 3. The molecule has 18 heavy (non-hydrogen) atoms. The van der Waals surface area contributed by atoms with E-state index in [2.05, 4.69) is 4.74 Å². The molecule has 1 aromatic rings. The van der Waals surface area contributed by atoms with Gasteiger partial charge in [0.25, 0.3) is 0 Å². The maximum atomic E-state index is 13.4. The summed E-state index contributed by atoms with van der Waals surface area (Å²) in [7, 11) is 0. The monoisotopic (exact) mass is 251 g/mol. The van der Waals surface area contributed by atoms with Crippen molar-refractivity contribution in [2.24, 2.45) is 0 Å². The van der Waals surface area contributed by atoms with E-state index in [1.165, 1.54) is 12.2 Å². The van der Waals surface area contributed by atoms with Crippen LogP contribution >= 0.6 is 0 Å². The highest BCUT2D eigenvalue weighted by Crippen LogP contribution is 2.15. The lowest BCUT2D eigenvalue weighted by atomic mass is 10.1. The third kappa shape index (κ3) is 3.67. The summed E-state index contributed by atoms with van der Waals surface area (Å²) in [6.07, 6.45) is 2.63. The number of nitrogens with zero attached hydrogens (tertiary/aromatic N) is 1. The minimum absolute atomic E-state index is 0.0178. The van der Waals surface area contributed by atoms with Crippen LogP contribution in [0.2, 0.25) is 0 Å². The molecule has 5 heteroatoms. The van der Waals surface area contributed by atoms with Crippen LogP contribution in [0.5, 0.6) is 0 Å². The number of halogens is 2. The van der Waals surface area contributed by atoms with Crippen molar-refractivity contribution in [2.75, 3.05) is 6.61 Å². The number of carbonyl (C=O) groups is 1. The van der Waals surface area contributed by atoms with Crippen LogP contribution in [0.3, 0.4) is 0 Å². The maximum Gasteiger partial charge on any atom is 0.309 e. The first-order chi connectivity index (χ1) is 8.58. The Bertz CT molecular complexity index is 518. The summed E-state index contributed by atoms with van der Waals surface area (Å²) < 4.78 is 31.3. The van der Waals surface area contributed by atoms with E-state index < -0.39 is 17.6 Å². The van der Waals surface area contributed by atoms with Gasteiger partial charge in [-0.3, -0.25) is 4.79 Å².